The van der Waals surface area contributed by atoms with Gasteiger partial charge in [0.15, 0.2) is 0 Å². The van der Waals surface area contributed by atoms with Gasteiger partial charge in [0, 0.05) is 0 Å². The topological polar surface area (TPSA) is 47.6 Å². The van der Waals surface area contributed by atoms with E-state index in [9.17, 15) is 4.79 Å². The lowest BCUT2D eigenvalue weighted by atomic mass is 10.1. The summed E-state index contributed by atoms with van der Waals surface area (Å²) in [5, 5.41) is 3.24. The fourth-order valence-corrected chi connectivity index (χ4v) is 2.11. The van der Waals surface area contributed by atoms with Crippen LogP contribution in [0.2, 0.25) is 5.02 Å². The zero-order chi connectivity index (χ0) is 13.1. The average Bonchev–Trinajstić information content (AvgIpc) is 2.34. The number of anilines is 1. The van der Waals surface area contributed by atoms with Gasteiger partial charge in [0.1, 0.15) is 19.5 Å². The largest absolute Gasteiger partial charge is 0.494 e. The Balaban J connectivity index is 2.19. The minimum atomic E-state index is -0.358. The van der Waals surface area contributed by atoms with Gasteiger partial charge in [0.05, 0.1) is 10.7 Å². The molecule has 1 N–H and O–H groups in total. The van der Waals surface area contributed by atoms with Crippen LogP contribution in [0.15, 0.2) is 24.2 Å². The lowest BCUT2D eigenvalue weighted by molar-refractivity contribution is -0.117. The molecule has 4 nitrogen and oxygen atoms in total. The molecule has 96 valence electrons. The second kappa shape index (κ2) is 5.31. The van der Waals surface area contributed by atoms with Crippen molar-refractivity contribution >= 4 is 23.2 Å². The zero-order valence-corrected chi connectivity index (χ0v) is 11.0. The lowest BCUT2D eigenvalue weighted by Gasteiger charge is -2.16. The maximum atomic E-state index is 11.9. The summed E-state index contributed by atoms with van der Waals surface area (Å²) in [5.41, 5.74) is 2.56. The van der Waals surface area contributed by atoms with Gasteiger partial charge in [-0.1, -0.05) is 17.7 Å². The third kappa shape index (κ3) is 2.76. The number of nitrogens with one attached hydrogen (secondary N) is 1. The molecule has 1 aliphatic heterocycles. The van der Waals surface area contributed by atoms with E-state index in [1.807, 2.05) is 19.9 Å². The average molecular weight is 268 g/mol. The van der Waals surface area contributed by atoms with Crippen molar-refractivity contribution < 1.29 is 14.3 Å². The molecule has 1 aliphatic rings. The molecule has 0 aromatic heterocycles. The van der Waals surface area contributed by atoms with Gasteiger partial charge >= 0.3 is 0 Å². The van der Waals surface area contributed by atoms with Crippen LogP contribution in [0, 0.1) is 13.8 Å². The van der Waals surface area contributed by atoms with Crippen LogP contribution in [-0.2, 0) is 14.3 Å². The monoisotopic (exact) mass is 267 g/mol. The van der Waals surface area contributed by atoms with Gasteiger partial charge in [-0.3, -0.25) is 4.79 Å². The number of aryl methyl sites for hydroxylation is 2. The number of amides is 1. The third-order valence-corrected chi connectivity index (χ3v) is 2.84. The molecule has 0 radical (unpaired) electrons. The Morgan fingerprint density at radius 3 is 2.72 bits per heavy atom. The molecule has 0 spiro atoms. The Hall–Kier alpha value is -1.68. The number of hydrogen-bond donors (Lipinski definition) is 1. The molecule has 1 amide bonds. The SMILES string of the molecule is Cc1cc(C)c(NC(=O)C2=COCCO2)c(Cl)c1. The first kappa shape index (κ1) is 12.8. The van der Waals surface area contributed by atoms with E-state index in [1.54, 1.807) is 6.07 Å². The number of benzene rings is 1. The standard InChI is InChI=1S/C13H14ClNO3/c1-8-5-9(2)12(10(14)6-8)15-13(16)11-7-17-3-4-18-11/h5-7H,3-4H2,1-2H3,(H,15,16). The van der Waals surface area contributed by atoms with E-state index in [4.69, 9.17) is 21.1 Å². The van der Waals surface area contributed by atoms with Crippen molar-refractivity contribution in [2.45, 2.75) is 13.8 Å². The highest BCUT2D eigenvalue weighted by Crippen LogP contribution is 2.27. The van der Waals surface area contributed by atoms with Crippen LogP contribution in [0.1, 0.15) is 11.1 Å². The Bertz CT molecular complexity index is 488. The third-order valence-electron chi connectivity index (χ3n) is 2.54. The number of rotatable bonds is 2. The van der Waals surface area contributed by atoms with E-state index in [0.29, 0.717) is 23.9 Å². The van der Waals surface area contributed by atoms with E-state index in [2.05, 4.69) is 5.32 Å². The predicted octanol–water partition coefficient (Wildman–Crippen LogP) is 2.78. The number of ether oxygens (including phenoxy) is 2. The number of carbonyl (C=O) groups excluding carboxylic acids is 1. The van der Waals surface area contributed by atoms with Gasteiger partial charge in [-0.15, -0.1) is 0 Å². The second-order valence-corrected chi connectivity index (χ2v) is 4.50. The normalized spacial score (nSPS) is 14.3. The fourth-order valence-electron chi connectivity index (χ4n) is 1.74. The summed E-state index contributed by atoms with van der Waals surface area (Å²) in [6, 6.07) is 3.75. The number of halogens is 1. The summed E-state index contributed by atoms with van der Waals surface area (Å²) in [6.07, 6.45) is 1.32. The van der Waals surface area contributed by atoms with Crippen molar-refractivity contribution in [3.8, 4) is 0 Å². The molecule has 0 saturated heterocycles. The Morgan fingerprint density at radius 1 is 1.33 bits per heavy atom. The minimum Gasteiger partial charge on any atom is -0.494 e. The fraction of sp³-hybridized carbons (Fsp3) is 0.308. The van der Waals surface area contributed by atoms with E-state index in [-0.39, 0.29) is 11.7 Å². The molecule has 1 aromatic rings. The summed E-state index contributed by atoms with van der Waals surface area (Å²) in [7, 11) is 0. The molecular weight excluding hydrogens is 254 g/mol. The van der Waals surface area contributed by atoms with Gasteiger partial charge in [0.2, 0.25) is 5.76 Å². The molecule has 0 bridgehead atoms. The quantitative estimate of drug-likeness (QED) is 0.896. The second-order valence-electron chi connectivity index (χ2n) is 4.09. The Kier molecular flexibility index (Phi) is 3.77. The molecule has 0 fully saturated rings. The van der Waals surface area contributed by atoms with Crippen LogP contribution in [0.4, 0.5) is 5.69 Å². The van der Waals surface area contributed by atoms with Gasteiger partial charge in [-0.2, -0.15) is 0 Å². The van der Waals surface area contributed by atoms with Crippen molar-refractivity contribution in [3.63, 3.8) is 0 Å². The number of carbonyl (C=O) groups is 1. The summed E-state index contributed by atoms with van der Waals surface area (Å²) in [4.78, 5) is 11.9. The van der Waals surface area contributed by atoms with Crippen molar-refractivity contribution in [3.05, 3.63) is 40.3 Å². The van der Waals surface area contributed by atoms with Crippen LogP contribution in [0.5, 0.6) is 0 Å². The van der Waals surface area contributed by atoms with Crippen molar-refractivity contribution in [2.75, 3.05) is 18.5 Å². The molecular formula is C13H14ClNO3. The lowest BCUT2D eigenvalue weighted by Crippen LogP contribution is -2.21. The molecule has 18 heavy (non-hydrogen) atoms. The molecule has 0 unspecified atom stereocenters. The van der Waals surface area contributed by atoms with Gasteiger partial charge in [-0.05, 0) is 31.0 Å². The van der Waals surface area contributed by atoms with E-state index >= 15 is 0 Å². The van der Waals surface area contributed by atoms with Gasteiger partial charge in [0.25, 0.3) is 5.91 Å². The highest BCUT2D eigenvalue weighted by atomic mass is 35.5. The zero-order valence-electron chi connectivity index (χ0n) is 10.2. The van der Waals surface area contributed by atoms with Crippen LogP contribution >= 0.6 is 11.6 Å². The van der Waals surface area contributed by atoms with Gasteiger partial charge < -0.3 is 14.8 Å². The van der Waals surface area contributed by atoms with Crippen LogP contribution in [0.25, 0.3) is 0 Å². The first-order valence-electron chi connectivity index (χ1n) is 5.60. The van der Waals surface area contributed by atoms with Crippen molar-refractivity contribution in [1.29, 1.82) is 0 Å². The summed E-state index contributed by atoms with van der Waals surface area (Å²) < 4.78 is 10.2. The van der Waals surface area contributed by atoms with Crippen molar-refractivity contribution in [1.82, 2.24) is 0 Å². The van der Waals surface area contributed by atoms with Crippen LogP contribution < -0.4 is 5.32 Å². The summed E-state index contributed by atoms with van der Waals surface area (Å²) in [6.45, 7) is 4.67. The summed E-state index contributed by atoms with van der Waals surface area (Å²) >= 11 is 6.11. The number of hydrogen-bond acceptors (Lipinski definition) is 3. The maximum Gasteiger partial charge on any atom is 0.294 e. The van der Waals surface area contributed by atoms with Crippen LogP contribution in [0.3, 0.4) is 0 Å². The van der Waals surface area contributed by atoms with E-state index in [0.717, 1.165) is 11.1 Å². The molecule has 5 heteroatoms. The van der Waals surface area contributed by atoms with Crippen molar-refractivity contribution in [2.24, 2.45) is 0 Å². The van der Waals surface area contributed by atoms with Gasteiger partial charge in [-0.25, -0.2) is 0 Å². The van der Waals surface area contributed by atoms with Crippen LogP contribution in [-0.4, -0.2) is 19.1 Å². The highest BCUT2D eigenvalue weighted by molar-refractivity contribution is 6.34. The molecule has 1 aromatic carbocycles. The van der Waals surface area contributed by atoms with E-state index in [1.165, 1.54) is 6.26 Å². The predicted molar refractivity (Wildman–Crippen MR) is 69.5 cm³/mol. The first-order valence-corrected chi connectivity index (χ1v) is 5.98. The molecule has 0 atom stereocenters. The molecule has 0 aliphatic carbocycles. The first-order chi connectivity index (χ1) is 8.58. The Labute approximate surface area is 111 Å². The minimum absolute atomic E-state index is 0.164. The molecule has 1 heterocycles. The smallest absolute Gasteiger partial charge is 0.294 e. The maximum absolute atomic E-state index is 11.9. The highest BCUT2D eigenvalue weighted by Gasteiger charge is 2.17. The van der Waals surface area contributed by atoms with E-state index < -0.39 is 0 Å². The summed E-state index contributed by atoms with van der Waals surface area (Å²) in [5.74, 6) is -0.194. The Morgan fingerprint density at radius 2 is 2.11 bits per heavy atom. The molecule has 2 rings (SSSR count). The molecule has 0 saturated carbocycles.